The summed E-state index contributed by atoms with van der Waals surface area (Å²) < 4.78 is 13.0. The van der Waals surface area contributed by atoms with Gasteiger partial charge in [-0.1, -0.05) is 11.8 Å². The van der Waals surface area contributed by atoms with Crippen LogP contribution in [0.4, 0.5) is 21.7 Å². The highest BCUT2D eigenvalue weighted by atomic mass is 32.2. The third kappa shape index (κ3) is 6.38. The summed E-state index contributed by atoms with van der Waals surface area (Å²) in [6, 6.07) is 6.82. The molecule has 0 atom stereocenters. The quantitative estimate of drug-likeness (QED) is 0.495. The third-order valence-electron chi connectivity index (χ3n) is 3.61. The molecule has 1 heterocycles. The maximum atomic E-state index is 13.0. The van der Waals surface area contributed by atoms with Gasteiger partial charge in [0, 0.05) is 17.3 Å². The van der Waals surface area contributed by atoms with Gasteiger partial charge in [-0.2, -0.15) is 0 Å². The zero-order valence-electron chi connectivity index (χ0n) is 15.9. The van der Waals surface area contributed by atoms with Crippen LogP contribution in [0.1, 0.15) is 20.8 Å². The van der Waals surface area contributed by atoms with E-state index in [-0.39, 0.29) is 40.9 Å². The summed E-state index contributed by atoms with van der Waals surface area (Å²) in [5, 5.41) is 2.94. The van der Waals surface area contributed by atoms with Crippen LogP contribution in [-0.2, 0) is 9.59 Å². The van der Waals surface area contributed by atoms with Crippen LogP contribution < -0.4 is 16.8 Å². The number of nitrogens with zero attached hydrogens (tertiary/aromatic N) is 3. The van der Waals surface area contributed by atoms with E-state index in [2.05, 4.69) is 15.3 Å². The summed E-state index contributed by atoms with van der Waals surface area (Å²) in [5.41, 5.74) is 11.1. The lowest BCUT2D eigenvalue weighted by atomic mass is 10.1. The van der Waals surface area contributed by atoms with Gasteiger partial charge in [0.25, 0.3) is 0 Å². The molecular formula is C18H23FN6O2S. The number of hydrogen-bond donors (Lipinski definition) is 3. The number of rotatable bonds is 6. The van der Waals surface area contributed by atoms with E-state index in [1.807, 2.05) is 20.8 Å². The van der Waals surface area contributed by atoms with Crippen molar-refractivity contribution in [1.82, 2.24) is 14.9 Å². The molecule has 0 aliphatic rings. The molecule has 8 nitrogen and oxygen atoms in total. The molecule has 0 saturated heterocycles. The first-order valence-electron chi connectivity index (χ1n) is 8.43. The number of anilines is 3. The van der Waals surface area contributed by atoms with Crippen LogP contribution in [0.2, 0.25) is 0 Å². The molecule has 10 heteroatoms. The van der Waals surface area contributed by atoms with Crippen molar-refractivity contribution in [2.75, 3.05) is 29.1 Å². The van der Waals surface area contributed by atoms with Gasteiger partial charge in [0.2, 0.25) is 11.8 Å². The Morgan fingerprint density at radius 3 is 2.25 bits per heavy atom. The Labute approximate surface area is 166 Å². The number of nitrogen functional groups attached to an aromatic ring is 2. The van der Waals surface area contributed by atoms with E-state index in [0.717, 1.165) is 11.8 Å². The summed E-state index contributed by atoms with van der Waals surface area (Å²) >= 11 is 1.09. The fraction of sp³-hybridized carbons (Fsp3) is 0.333. The van der Waals surface area contributed by atoms with Crippen LogP contribution in [0.5, 0.6) is 0 Å². The van der Waals surface area contributed by atoms with E-state index in [9.17, 15) is 14.0 Å². The number of halogens is 1. The summed E-state index contributed by atoms with van der Waals surface area (Å²) in [4.78, 5) is 34.6. The molecule has 1 aromatic carbocycles. The molecule has 0 radical (unpaired) electrons. The van der Waals surface area contributed by atoms with Gasteiger partial charge in [-0.15, -0.1) is 0 Å². The molecule has 0 saturated carbocycles. The largest absolute Gasteiger partial charge is 0.383 e. The maximum absolute atomic E-state index is 13.0. The number of amides is 2. The first-order valence-corrected chi connectivity index (χ1v) is 9.42. The van der Waals surface area contributed by atoms with Gasteiger partial charge in [0.1, 0.15) is 24.0 Å². The van der Waals surface area contributed by atoms with Crippen molar-refractivity contribution in [2.45, 2.75) is 31.5 Å². The monoisotopic (exact) mass is 406 g/mol. The van der Waals surface area contributed by atoms with Crippen molar-refractivity contribution in [3.05, 3.63) is 36.1 Å². The van der Waals surface area contributed by atoms with Gasteiger partial charge >= 0.3 is 0 Å². The Bertz CT molecular complexity index is 834. The third-order valence-corrected chi connectivity index (χ3v) is 4.44. The first kappa shape index (κ1) is 21.4. The van der Waals surface area contributed by atoms with Crippen molar-refractivity contribution >= 4 is 40.9 Å². The highest BCUT2D eigenvalue weighted by Gasteiger charge is 2.28. The Morgan fingerprint density at radius 2 is 1.71 bits per heavy atom. The molecule has 0 unspecified atom stereocenters. The van der Waals surface area contributed by atoms with Crippen LogP contribution in [0.15, 0.2) is 35.5 Å². The van der Waals surface area contributed by atoms with Gasteiger partial charge < -0.3 is 21.7 Å². The number of nitrogens with one attached hydrogen (secondary N) is 1. The van der Waals surface area contributed by atoms with Crippen molar-refractivity contribution in [2.24, 2.45) is 0 Å². The average Bonchev–Trinajstić information content (AvgIpc) is 2.58. The second kappa shape index (κ2) is 8.87. The second-order valence-corrected chi connectivity index (χ2v) is 7.94. The number of nitrogens with two attached hydrogens (primary N) is 2. The highest BCUT2D eigenvalue weighted by molar-refractivity contribution is 7.99. The van der Waals surface area contributed by atoms with Crippen molar-refractivity contribution in [1.29, 1.82) is 0 Å². The molecular weight excluding hydrogens is 383 g/mol. The predicted molar refractivity (Wildman–Crippen MR) is 108 cm³/mol. The minimum atomic E-state index is -0.590. The fourth-order valence-corrected chi connectivity index (χ4v) is 3.06. The number of thioether (sulfide) groups is 1. The fourth-order valence-electron chi connectivity index (χ4n) is 2.31. The number of carbonyl (C=O) groups excluding carboxylic acids is 2. The molecule has 0 aliphatic carbocycles. The zero-order chi connectivity index (χ0) is 20.9. The number of benzene rings is 1. The molecule has 28 heavy (non-hydrogen) atoms. The van der Waals surface area contributed by atoms with Crippen LogP contribution in [0, 0.1) is 5.82 Å². The molecule has 150 valence electrons. The van der Waals surface area contributed by atoms with E-state index in [1.165, 1.54) is 35.2 Å². The summed E-state index contributed by atoms with van der Waals surface area (Å²) in [6.07, 6.45) is 0. The molecule has 5 N–H and O–H groups in total. The number of aromatic nitrogens is 2. The molecule has 2 amide bonds. The van der Waals surface area contributed by atoms with Crippen LogP contribution in [0.3, 0.4) is 0 Å². The van der Waals surface area contributed by atoms with Crippen LogP contribution in [0.25, 0.3) is 0 Å². The highest BCUT2D eigenvalue weighted by Crippen LogP contribution is 2.20. The Balaban J connectivity index is 2.02. The van der Waals surface area contributed by atoms with Gasteiger partial charge in [0.15, 0.2) is 5.16 Å². The smallest absolute Gasteiger partial charge is 0.244 e. The normalized spacial score (nSPS) is 11.1. The van der Waals surface area contributed by atoms with Gasteiger partial charge in [0.05, 0.1) is 5.75 Å². The SMILES string of the molecule is CC(C)(C)N(CC(=O)Nc1ccc(F)cc1)C(=O)CSc1nc(N)cc(N)n1. The lowest BCUT2D eigenvalue weighted by molar-refractivity contribution is -0.137. The summed E-state index contributed by atoms with van der Waals surface area (Å²) in [5.74, 6) is -0.599. The van der Waals surface area contributed by atoms with Crippen LogP contribution in [-0.4, -0.2) is 44.5 Å². The average molecular weight is 406 g/mol. The van der Waals surface area contributed by atoms with Gasteiger partial charge in [-0.3, -0.25) is 9.59 Å². The van der Waals surface area contributed by atoms with E-state index in [4.69, 9.17) is 11.5 Å². The number of hydrogen-bond acceptors (Lipinski definition) is 7. The Hall–Kier alpha value is -2.88. The van der Waals surface area contributed by atoms with E-state index in [0.29, 0.717) is 5.69 Å². The molecule has 2 rings (SSSR count). The summed E-state index contributed by atoms with van der Waals surface area (Å²) in [6.45, 7) is 5.33. The molecule has 1 aromatic heterocycles. The van der Waals surface area contributed by atoms with Crippen molar-refractivity contribution < 1.29 is 14.0 Å². The van der Waals surface area contributed by atoms with E-state index < -0.39 is 11.4 Å². The molecule has 0 fully saturated rings. The molecule has 2 aromatic rings. The summed E-state index contributed by atoms with van der Waals surface area (Å²) in [7, 11) is 0. The Kier molecular flexibility index (Phi) is 6.79. The maximum Gasteiger partial charge on any atom is 0.244 e. The second-order valence-electron chi connectivity index (χ2n) is 6.99. The van der Waals surface area contributed by atoms with Gasteiger partial charge in [-0.05, 0) is 45.0 Å². The molecule has 0 bridgehead atoms. The van der Waals surface area contributed by atoms with Crippen molar-refractivity contribution in [3.8, 4) is 0 Å². The predicted octanol–water partition coefficient (Wildman–Crippen LogP) is 2.14. The number of carbonyl (C=O) groups is 2. The first-order chi connectivity index (χ1) is 13.0. The minimum absolute atomic E-state index is 0.0178. The molecule has 0 aliphatic heterocycles. The zero-order valence-corrected chi connectivity index (χ0v) is 16.7. The molecule has 0 spiro atoms. The minimum Gasteiger partial charge on any atom is -0.383 e. The van der Waals surface area contributed by atoms with Gasteiger partial charge in [-0.25, -0.2) is 14.4 Å². The Morgan fingerprint density at radius 1 is 1.14 bits per heavy atom. The van der Waals surface area contributed by atoms with E-state index in [1.54, 1.807) is 0 Å². The standard InChI is InChI=1S/C18H23FN6O2S/c1-18(2,3)25(9-15(26)22-12-6-4-11(19)5-7-12)16(27)10-28-17-23-13(20)8-14(21)24-17/h4-8H,9-10H2,1-3H3,(H,22,26)(H4,20,21,23,24). The lowest BCUT2D eigenvalue weighted by Crippen LogP contribution is -2.50. The van der Waals surface area contributed by atoms with Crippen LogP contribution >= 0.6 is 11.8 Å². The topological polar surface area (TPSA) is 127 Å². The van der Waals surface area contributed by atoms with E-state index >= 15 is 0 Å². The van der Waals surface area contributed by atoms with Crippen molar-refractivity contribution in [3.63, 3.8) is 0 Å². The lowest BCUT2D eigenvalue weighted by Gasteiger charge is -2.35.